The number of ether oxygens (including phenoxy) is 1. The highest BCUT2D eigenvalue weighted by Gasteiger charge is 1.96. The second-order valence-corrected chi connectivity index (χ2v) is 4.62. The topological polar surface area (TPSA) is 21.3 Å². The zero-order valence-electron chi connectivity index (χ0n) is 11.9. The molecule has 0 heterocycles. The summed E-state index contributed by atoms with van der Waals surface area (Å²) in [6, 6.07) is 8.41. The molecule has 0 atom stereocenters. The van der Waals surface area contributed by atoms with E-state index in [0.29, 0.717) is 0 Å². The van der Waals surface area contributed by atoms with Crippen molar-refractivity contribution in [1.82, 2.24) is 5.32 Å². The van der Waals surface area contributed by atoms with Gasteiger partial charge in [0.25, 0.3) is 0 Å². The molecule has 0 radical (unpaired) electrons. The van der Waals surface area contributed by atoms with E-state index < -0.39 is 0 Å². The molecule has 102 valence electrons. The molecule has 0 saturated carbocycles. The molecule has 1 rings (SSSR count). The van der Waals surface area contributed by atoms with E-state index in [1.807, 2.05) is 6.07 Å². The van der Waals surface area contributed by atoms with Gasteiger partial charge in [-0.05, 0) is 50.0 Å². The van der Waals surface area contributed by atoms with Gasteiger partial charge >= 0.3 is 0 Å². The van der Waals surface area contributed by atoms with Crippen LogP contribution >= 0.6 is 0 Å². The molecular formula is C16H27NO. The minimum atomic E-state index is 0.842. The molecule has 1 aromatic rings. The zero-order valence-corrected chi connectivity index (χ0v) is 11.9. The van der Waals surface area contributed by atoms with Crippen molar-refractivity contribution in [2.24, 2.45) is 0 Å². The van der Waals surface area contributed by atoms with Crippen LogP contribution in [0.5, 0.6) is 5.75 Å². The highest BCUT2D eigenvalue weighted by molar-refractivity contribution is 5.28. The summed E-state index contributed by atoms with van der Waals surface area (Å²) in [5, 5.41) is 3.35. The van der Waals surface area contributed by atoms with E-state index in [-0.39, 0.29) is 0 Å². The summed E-state index contributed by atoms with van der Waals surface area (Å²) < 4.78 is 5.76. The minimum Gasteiger partial charge on any atom is -0.494 e. The Bertz CT molecular complexity index is 312. The quantitative estimate of drug-likeness (QED) is 0.637. The van der Waals surface area contributed by atoms with Crippen LogP contribution in [-0.2, 0) is 6.42 Å². The predicted molar refractivity (Wildman–Crippen MR) is 78.3 cm³/mol. The molecule has 0 aromatic heterocycles. The Balaban J connectivity index is 2.03. The first-order valence-corrected chi connectivity index (χ1v) is 7.29. The summed E-state index contributed by atoms with van der Waals surface area (Å²) in [6.07, 6.45) is 6.06. The van der Waals surface area contributed by atoms with Crippen molar-refractivity contribution in [3.05, 3.63) is 29.8 Å². The van der Waals surface area contributed by atoms with Gasteiger partial charge in [-0.15, -0.1) is 0 Å². The fourth-order valence-electron chi connectivity index (χ4n) is 1.93. The molecule has 2 nitrogen and oxygen atoms in total. The summed E-state index contributed by atoms with van der Waals surface area (Å²) in [7, 11) is 0. The van der Waals surface area contributed by atoms with Crippen LogP contribution in [-0.4, -0.2) is 19.7 Å². The van der Waals surface area contributed by atoms with Gasteiger partial charge < -0.3 is 10.1 Å². The molecule has 18 heavy (non-hydrogen) atoms. The van der Waals surface area contributed by atoms with Gasteiger partial charge in [0.05, 0.1) is 6.61 Å². The number of aryl methyl sites for hydroxylation is 1. The van der Waals surface area contributed by atoms with Gasteiger partial charge in [-0.1, -0.05) is 38.8 Å². The largest absolute Gasteiger partial charge is 0.494 e. The number of hydrogen-bond donors (Lipinski definition) is 1. The van der Waals surface area contributed by atoms with Crippen molar-refractivity contribution in [1.29, 1.82) is 0 Å². The smallest absolute Gasteiger partial charge is 0.119 e. The van der Waals surface area contributed by atoms with Crippen LogP contribution in [0.3, 0.4) is 0 Å². The number of nitrogens with one attached hydrogen (secondary N) is 1. The molecule has 1 N–H and O–H groups in total. The molecule has 0 aliphatic carbocycles. The lowest BCUT2D eigenvalue weighted by atomic mass is 10.1. The van der Waals surface area contributed by atoms with Crippen molar-refractivity contribution in [2.45, 2.75) is 46.0 Å². The van der Waals surface area contributed by atoms with Gasteiger partial charge in [0.15, 0.2) is 0 Å². The van der Waals surface area contributed by atoms with E-state index in [1.165, 1.54) is 24.8 Å². The number of unbranched alkanes of at least 4 members (excludes halogenated alkanes) is 3. The number of hydrogen-bond acceptors (Lipinski definition) is 2. The monoisotopic (exact) mass is 249 g/mol. The number of benzene rings is 1. The standard InChI is InChI=1S/C16H27NO/c1-3-15-10-9-11-16(14-15)18-13-8-6-5-7-12-17-4-2/h9-11,14,17H,3-8,12-13H2,1-2H3. The maximum absolute atomic E-state index is 5.76. The maximum Gasteiger partial charge on any atom is 0.119 e. The number of rotatable bonds is 10. The second kappa shape index (κ2) is 9.95. The fraction of sp³-hybridized carbons (Fsp3) is 0.625. The Morgan fingerprint density at radius 2 is 1.89 bits per heavy atom. The van der Waals surface area contributed by atoms with Crippen LogP contribution in [0.15, 0.2) is 24.3 Å². The molecule has 0 unspecified atom stereocenters. The average Bonchev–Trinajstić information content (AvgIpc) is 2.42. The first kappa shape index (κ1) is 15.0. The molecule has 2 heteroatoms. The van der Waals surface area contributed by atoms with Crippen LogP contribution in [0, 0.1) is 0 Å². The van der Waals surface area contributed by atoms with E-state index in [0.717, 1.165) is 38.3 Å². The summed E-state index contributed by atoms with van der Waals surface area (Å²) in [5.41, 5.74) is 1.35. The normalized spacial score (nSPS) is 10.6. The zero-order chi connectivity index (χ0) is 13.1. The summed E-state index contributed by atoms with van der Waals surface area (Å²) >= 11 is 0. The van der Waals surface area contributed by atoms with Crippen molar-refractivity contribution >= 4 is 0 Å². The Morgan fingerprint density at radius 1 is 1.06 bits per heavy atom. The van der Waals surface area contributed by atoms with E-state index in [2.05, 4.69) is 37.4 Å². The lowest BCUT2D eigenvalue weighted by Crippen LogP contribution is -2.13. The molecule has 0 amide bonds. The first-order chi connectivity index (χ1) is 8.86. The van der Waals surface area contributed by atoms with E-state index in [1.54, 1.807) is 0 Å². The molecule has 0 saturated heterocycles. The van der Waals surface area contributed by atoms with Gasteiger partial charge in [0, 0.05) is 0 Å². The molecule has 0 aliphatic rings. The van der Waals surface area contributed by atoms with Crippen LogP contribution < -0.4 is 10.1 Å². The van der Waals surface area contributed by atoms with Gasteiger partial charge in [0.2, 0.25) is 0 Å². The third-order valence-corrected chi connectivity index (χ3v) is 3.07. The highest BCUT2D eigenvalue weighted by Crippen LogP contribution is 2.14. The van der Waals surface area contributed by atoms with Crippen molar-refractivity contribution < 1.29 is 4.74 Å². The average molecular weight is 249 g/mol. The van der Waals surface area contributed by atoms with Crippen LogP contribution in [0.2, 0.25) is 0 Å². The lowest BCUT2D eigenvalue weighted by molar-refractivity contribution is 0.304. The third kappa shape index (κ3) is 6.65. The van der Waals surface area contributed by atoms with Crippen LogP contribution in [0.25, 0.3) is 0 Å². The Morgan fingerprint density at radius 3 is 2.67 bits per heavy atom. The van der Waals surface area contributed by atoms with Gasteiger partial charge in [0.1, 0.15) is 5.75 Å². The highest BCUT2D eigenvalue weighted by atomic mass is 16.5. The first-order valence-electron chi connectivity index (χ1n) is 7.29. The van der Waals surface area contributed by atoms with Crippen molar-refractivity contribution in [2.75, 3.05) is 19.7 Å². The molecule has 1 aromatic carbocycles. The van der Waals surface area contributed by atoms with Crippen molar-refractivity contribution in [3.63, 3.8) is 0 Å². The van der Waals surface area contributed by atoms with E-state index >= 15 is 0 Å². The Kier molecular flexibility index (Phi) is 8.32. The minimum absolute atomic E-state index is 0.842. The van der Waals surface area contributed by atoms with Crippen LogP contribution in [0.1, 0.15) is 45.1 Å². The molecular weight excluding hydrogens is 222 g/mol. The van der Waals surface area contributed by atoms with Crippen LogP contribution in [0.4, 0.5) is 0 Å². The van der Waals surface area contributed by atoms with Gasteiger partial charge in [-0.25, -0.2) is 0 Å². The van der Waals surface area contributed by atoms with E-state index in [4.69, 9.17) is 4.74 Å². The summed E-state index contributed by atoms with van der Waals surface area (Å²) in [6.45, 7) is 7.39. The van der Waals surface area contributed by atoms with Gasteiger partial charge in [-0.2, -0.15) is 0 Å². The third-order valence-electron chi connectivity index (χ3n) is 3.07. The molecule has 0 bridgehead atoms. The molecule has 0 aliphatic heterocycles. The fourth-order valence-corrected chi connectivity index (χ4v) is 1.93. The second-order valence-electron chi connectivity index (χ2n) is 4.62. The molecule has 0 spiro atoms. The summed E-state index contributed by atoms with van der Waals surface area (Å²) in [4.78, 5) is 0. The lowest BCUT2D eigenvalue weighted by Gasteiger charge is -2.07. The van der Waals surface area contributed by atoms with E-state index in [9.17, 15) is 0 Å². The van der Waals surface area contributed by atoms with Crippen molar-refractivity contribution in [3.8, 4) is 5.75 Å². The summed E-state index contributed by atoms with van der Waals surface area (Å²) in [5.74, 6) is 1.02. The SMILES string of the molecule is CCNCCCCCCOc1cccc(CC)c1. The Labute approximate surface area is 112 Å². The van der Waals surface area contributed by atoms with Gasteiger partial charge in [-0.3, -0.25) is 0 Å². The predicted octanol–water partition coefficient (Wildman–Crippen LogP) is 3.80. The Hall–Kier alpha value is -1.02. The maximum atomic E-state index is 5.76. The molecule has 0 fully saturated rings.